The standard InChI is InChI=1S/C24H33N3O2/c1-2-3-14-25-24(28)29-20-23-19-26(17-21-10-6-4-7-11-21)15-16-27(23)18-22-12-8-5-9-13-22/h4-13,23H,2-3,14-20H2,1H3,(H,25,28). The number of ether oxygens (including phenoxy) is 1. The van der Waals surface area contributed by atoms with E-state index >= 15 is 0 Å². The van der Waals surface area contributed by atoms with Crippen LogP contribution in [0.2, 0.25) is 0 Å². The van der Waals surface area contributed by atoms with Crippen LogP contribution in [-0.4, -0.2) is 54.7 Å². The van der Waals surface area contributed by atoms with E-state index in [4.69, 9.17) is 4.74 Å². The highest BCUT2D eigenvalue weighted by molar-refractivity contribution is 5.67. The molecule has 1 unspecified atom stereocenters. The van der Waals surface area contributed by atoms with Crippen LogP contribution in [0.5, 0.6) is 0 Å². The zero-order chi connectivity index (χ0) is 20.3. The molecule has 0 aliphatic carbocycles. The van der Waals surface area contributed by atoms with Gasteiger partial charge in [0.05, 0.1) is 6.04 Å². The van der Waals surface area contributed by atoms with Crippen molar-refractivity contribution in [2.75, 3.05) is 32.8 Å². The average molecular weight is 396 g/mol. The number of piperazine rings is 1. The predicted octanol–water partition coefficient (Wildman–Crippen LogP) is 3.90. The van der Waals surface area contributed by atoms with Gasteiger partial charge in [0.1, 0.15) is 6.61 Å². The maximum Gasteiger partial charge on any atom is 0.407 e. The van der Waals surface area contributed by atoms with E-state index < -0.39 is 0 Å². The monoisotopic (exact) mass is 395 g/mol. The summed E-state index contributed by atoms with van der Waals surface area (Å²) < 4.78 is 5.58. The summed E-state index contributed by atoms with van der Waals surface area (Å²) in [6.45, 7) is 7.88. The first-order valence-electron chi connectivity index (χ1n) is 10.7. The van der Waals surface area contributed by atoms with Crippen molar-refractivity contribution < 1.29 is 9.53 Å². The van der Waals surface area contributed by atoms with E-state index in [9.17, 15) is 4.79 Å². The summed E-state index contributed by atoms with van der Waals surface area (Å²) in [4.78, 5) is 16.9. The van der Waals surface area contributed by atoms with E-state index in [1.165, 1.54) is 11.1 Å². The number of unbranched alkanes of at least 4 members (excludes halogenated alkanes) is 1. The predicted molar refractivity (Wildman–Crippen MR) is 117 cm³/mol. The van der Waals surface area contributed by atoms with Crippen LogP contribution in [0.25, 0.3) is 0 Å². The van der Waals surface area contributed by atoms with Crippen LogP contribution in [-0.2, 0) is 17.8 Å². The first-order chi connectivity index (χ1) is 14.2. The van der Waals surface area contributed by atoms with Gasteiger partial charge in [0, 0.05) is 39.3 Å². The normalized spacial score (nSPS) is 17.8. The molecule has 1 aliphatic heterocycles. The van der Waals surface area contributed by atoms with Crippen molar-refractivity contribution in [2.24, 2.45) is 0 Å². The number of nitrogens with zero attached hydrogens (tertiary/aromatic N) is 2. The molecule has 156 valence electrons. The molecule has 0 saturated carbocycles. The van der Waals surface area contributed by atoms with Crippen LogP contribution in [0, 0.1) is 0 Å². The molecule has 2 aromatic carbocycles. The highest BCUT2D eigenvalue weighted by Crippen LogP contribution is 2.17. The minimum atomic E-state index is -0.307. The van der Waals surface area contributed by atoms with Gasteiger partial charge >= 0.3 is 6.09 Å². The largest absolute Gasteiger partial charge is 0.448 e. The molecule has 1 N–H and O–H groups in total. The second kappa shape index (κ2) is 11.6. The lowest BCUT2D eigenvalue weighted by atomic mass is 10.1. The van der Waals surface area contributed by atoms with Crippen molar-refractivity contribution in [3.8, 4) is 0 Å². The van der Waals surface area contributed by atoms with Crippen LogP contribution < -0.4 is 5.32 Å². The van der Waals surface area contributed by atoms with Crippen molar-refractivity contribution in [1.82, 2.24) is 15.1 Å². The van der Waals surface area contributed by atoms with Crippen LogP contribution >= 0.6 is 0 Å². The fourth-order valence-electron chi connectivity index (χ4n) is 3.72. The summed E-state index contributed by atoms with van der Waals surface area (Å²) in [7, 11) is 0. The Hall–Kier alpha value is -2.37. The molecule has 2 aromatic rings. The van der Waals surface area contributed by atoms with Gasteiger partial charge in [0.25, 0.3) is 0 Å². The Labute approximate surface area is 174 Å². The van der Waals surface area contributed by atoms with E-state index in [-0.39, 0.29) is 12.1 Å². The lowest BCUT2D eigenvalue weighted by Gasteiger charge is -2.41. The number of hydrogen-bond acceptors (Lipinski definition) is 4. The van der Waals surface area contributed by atoms with E-state index in [1.807, 2.05) is 6.07 Å². The molecule has 29 heavy (non-hydrogen) atoms. The van der Waals surface area contributed by atoms with Gasteiger partial charge in [0.15, 0.2) is 0 Å². The Morgan fingerprint density at radius 3 is 2.31 bits per heavy atom. The molecule has 0 aromatic heterocycles. The molecular formula is C24H33N3O2. The van der Waals surface area contributed by atoms with Crippen molar-refractivity contribution in [2.45, 2.75) is 38.9 Å². The number of carbonyl (C=O) groups excluding carboxylic acids is 1. The van der Waals surface area contributed by atoms with E-state index in [1.54, 1.807) is 0 Å². The summed E-state index contributed by atoms with van der Waals surface area (Å²) >= 11 is 0. The van der Waals surface area contributed by atoms with Gasteiger partial charge in [-0.05, 0) is 17.5 Å². The Morgan fingerprint density at radius 2 is 1.66 bits per heavy atom. The van der Waals surface area contributed by atoms with Crippen molar-refractivity contribution in [3.05, 3.63) is 71.8 Å². The lowest BCUT2D eigenvalue weighted by Crippen LogP contribution is -2.54. The summed E-state index contributed by atoms with van der Waals surface area (Å²) in [6, 6.07) is 21.3. The minimum Gasteiger partial charge on any atom is -0.448 e. The van der Waals surface area contributed by atoms with Gasteiger partial charge in [-0.3, -0.25) is 9.80 Å². The Kier molecular flexibility index (Phi) is 8.53. The molecule has 1 fully saturated rings. The molecule has 5 heteroatoms. The smallest absolute Gasteiger partial charge is 0.407 e. The first kappa shape index (κ1) is 21.3. The van der Waals surface area contributed by atoms with Crippen molar-refractivity contribution in [3.63, 3.8) is 0 Å². The lowest BCUT2D eigenvalue weighted by molar-refractivity contribution is 0.0233. The molecule has 1 heterocycles. The Morgan fingerprint density at radius 1 is 1.00 bits per heavy atom. The highest BCUT2D eigenvalue weighted by atomic mass is 16.5. The number of nitrogens with one attached hydrogen (secondary N) is 1. The molecule has 5 nitrogen and oxygen atoms in total. The van der Waals surface area contributed by atoms with Crippen LogP contribution in [0.1, 0.15) is 30.9 Å². The second-order valence-electron chi connectivity index (χ2n) is 7.71. The Balaban J connectivity index is 1.58. The van der Waals surface area contributed by atoms with E-state index in [2.05, 4.69) is 76.6 Å². The second-order valence-corrected chi connectivity index (χ2v) is 7.71. The molecule has 0 radical (unpaired) electrons. The molecule has 1 aliphatic rings. The molecule has 0 bridgehead atoms. The molecule has 1 amide bonds. The third-order valence-electron chi connectivity index (χ3n) is 5.37. The summed E-state index contributed by atoms with van der Waals surface area (Å²) in [5.74, 6) is 0. The molecule has 0 spiro atoms. The molecule has 1 saturated heterocycles. The van der Waals surface area contributed by atoms with Crippen LogP contribution in [0.15, 0.2) is 60.7 Å². The fourth-order valence-corrected chi connectivity index (χ4v) is 3.72. The van der Waals surface area contributed by atoms with Crippen molar-refractivity contribution in [1.29, 1.82) is 0 Å². The summed E-state index contributed by atoms with van der Waals surface area (Å²) in [6.07, 6.45) is 1.73. The maximum absolute atomic E-state index is 12.0. The number of alkyl carbamates (subject to hydrolysis) is 1. The molecule has 3 rings (SSSR count). The van der Waals surface area contributed by atoms with Gasteiger partial charge in [0.2, 0.25) is 0 Å². The SMILES string of the molecule is CCCCNC(=O)OCC1CN(Cc2ccccc2)CCN1Cc1ccccc1. The number of hydrogen-bond donors (Lipinski definition) is 1. The topological polar surface area (TPSA) is 44.8 Å². The number of carbonyl (C=O) groups is 1. The fraction of sp³-hybridized carbons (Fsp3) is 0.458. The minimum absolute atomic E-state index is 0.185. The van der Waals surface area contributed by atoms with Gasteiger partial charge in [-0.2, -0.15) is 0 Å². The highest BCUT2D eigenvalue weighted by Gasteiger charge is 2.28. The summed E-state index contributed by atoms with van der Waals surface area (Å²) in [5, 5.41) is 2.85. The summed E-state index contributed by atoms with van der Waals surface area (Å²) in [5.41, 5.74) is 2.61. The van der Waals surface area contributed by atoms with Gasteiger partial charge in [-0.25, -0.2) is 4.79 Å². The number of amides is 1. The zero-order valence-electron chi connectivity index (χ0n) is 17.4. The zero-order valence-corrected chi connectivity index (χ0v) is 17.4. The number of benzene rings is 2. The van der Waals surface area contributed by atoms with Crippen molar-refractivity contribution >= 4 is 6.09 Å². The average Bonchev–Trinajstić information content (AvgIpc) is 2.75. The van der Waals surface area contributed by atoms with Gasteiger partial charge in [-0.15, -0.1) is 0 Å². The molecule has 1 atom stereocenters. The van der Waals surface area contributed by atoms with E-state index in [0.29, 0.717) is 13.2 Å². The quantitative estimate of drug-likeness (QED) is 0.654. The van der Waals surface area contributed by atoms with Crippen LogP contribution in [0.3, 0.4) is 0 Å². The third kappa shape index (κ3) is 7.18. The van der Waals surface area contributed by atoms with E-state index in [0.717, 1.165) is 45.6 Å². The Bertz CT molecular complexity index is 723. The number of rotatable bonds is 9. The van der Waals surface area contributed by atoms with Crippen LogP contribution in [0.4, 0.5) is 4.79 Å². The van der Waals surface area contributed by atoms with Gasteiger partial charge < -0.3 is 10.1 Å². The molecular weight excluding hydrogens is 362 g/mol. The maximum atomic E-state index is 12.0. The third-order valence-corrected chi connectivity index (χ3v) is 5.37. The van der Waals surface area contributed by atoms with Gasteiger partial charge in [-0.1, -0.05) is 74.0 Å². The first-order valence-corrected chi connectivity index (χ1v) is 10.7.